The van der Waals surface area contributed by atoms with Crippen LogP contribution >= 0.6 is 11.3 Å². The lowest BCUT2D eigenvalue weighted by Gasteiger charge is -2.33. The highest BCUT2D eigenvalue weighted by atomic mass is 32.1. The second-order valence-corrected chi connectivity index (χ2v) is 7.59. The largest absolute Gasteiger partial charge is 0.444 e. The zero-order chi connectivity index (χ0) is 16.3. The van der Waals surface area contributed by atoms with E-state index >= 15 is 0 Å². The Morgan fingerprint density at radius 3 is 2.73 bits per heavy atom. The molecular formula is C16H24N2O3S. The fourth-order valence-electron chi connectivity index (χ4n) is 2.49. The first-order valence-electron chi connectivity index (χ1n) is 7.59. The number of carbonyl (C=O) groups is 2. The summed E-state index contributed by atoms with van der Waals surface area (Å²) in [6.07, 6.45) is 1.34. The maximum atomic E-state index is 12.5. The summed E-state index contributed by atoms with van der Waals surface area (Å²) >= 11 is 1.47. The van der Waals surface area contributed by atoms with Crippen LogP contribution in [0.4, 0.5) is 4.79 Å². The minimum absolute atomic E-state index is 0.0483. The van der Waals surface area contributed by atoms with E-state index in [2.05, 4.69) is 5.32 Å². The first kappa shape index (κ1) is 16.8. The minimum Gasteiger partial charge on any atom is -0.444 e. The molecule has 1 aliphatic rings. The van der Waals surface area contributed by atoms with Crippen molar-refractivity contribution in [2.75, 3.05) is 13.1 Å². The Morgan fingerprint density at radius 2 is 2.14 bits per heavy atom. The van der Waals surface area contributed by atoms with Gasteiger partial charge in [0.25, 0.3) is 5.91 Å². The Morgan fingerprint density at radius 1 is 1.41 bits per heavy atom. The summed E-state index contributed by atoms with van der Waals surface area (Å²) in [5.74, 6) is 0.0585. The van der Waals surface area contributed by atoms with E-state index in [1.54, 1.807) is 0 Å². The number of likely N-dealkylation sites (tertiary alicyclic amines) is 1. The van der Waals surface area contributed by atoms with Gasteiger partial charge in [-0.3, -0.25) is 4.79 Å². The fourth-order valence-corrected chi connectivity index (χ4v) is 3.38. The Kier molecular flexibility index (Phi) is 5.11. The molecule has 5 nitrogen and oxygen atoms in total. The Balaban J connectivity index is 1.93. The van der Waals surface area contributed by atoms with E-state index < -0.39 is 11.7 Å². The second-order valence-electron chi connectivity index (χ2n) is 6.67. The summed E-state index contributed by atoms with van der Waals surface area (Å²) in [5.41, 5.74) is 0.500. The SMILES string of the molecule is Cc1ccsc1C(=O)N1CCC[C@@H](NC(=O)OC(C)(C)C)C1. The normalized spacial score (nSPS) is 18.9. The van der Waals surface area contributed by atoms with Gasteiger partial charge in [-0.05, 0) is 57.5 Å². The van der Waals surface area contributed by atoms with Crippen LogP contribution in [0.1, 0.15) is 48.8 Å². The molecule has 2 heterocycles. The van der Waals surface area contributed by atoms with Crippen LogP contribution in [0, 0.1) is 6.92 Å². The van der Waals surface area contributed by atoms with Gasteiger partial charge in [-0.25, -0.2) is 4.79 Å². The zero-order valence-corrected chi connectivity index (χ0v) is 14.5. The summed E-state index contributed by atoms with van der Waals surface area (Å²) in [6.45, 7) is 8.73. The van der Waals surface area contributed by atoms with Gasteiger partial charge in [0.05, 0.1) is 4.88 Å². The quantitative estimate of drug-likeness (QED) is 0.909. The molecule has 2 rings (SSSR count). The highest BCUT2D eigenvalue weighted by Gasteiger charge is 2.28. The van der Waals surface area contributed by atoms with Crippen molar-refractivity contribution in [3.8, 4) is 0 Å². The highest BCUT2D eigenvalue weighted by Crippen LogP contribution is 2.21. The highest BCUT2D eigenvalue weighted by molar-refractivity contribution is 7.12. The smallest absolute Gasteiger partial charge is 0.407 e. The van der Waals surface area contributed by atoms with E-state index in [9.17, 15) is 9.59 Å². The number of piperidine rings is 1. The lowest BCUT2D eigenvalue weighted by Crippen LogP contribution is -2.50. The number of alkyl carbamates (subject to hydrolysis) is 1. The van der Waals surface area contributed by atoms with Crippen LogP contribution in [-0.2, 0) is 4.74 Å². The third-order valence-corrected chi connectivity index (χ3v) is 4.49. The van der Waals surface area contributed by atoms with Gasteiger partial charge in [-0.1, -0.05) is 0 Å². The summed E-state index contributed by atoms with van der Waals surface area (Å²) in [7, 11) is 0. The standard InChI is InChI=1S/C16H24N2O3S/c1-11-7-9-22-13(11)14(19)18-8-5-6-12(10-18)17-15(20)21-16(2,3)4/h7,9,12H,5-6,8,10H2,1-4H3,(H,17,20)/t12-/m1/s1. The molecular weight excluding hydrogens is 300 g/mol. The topological polar surface area (TPSA) is 58.6 Å². The molecule has 1 saturated heterocycles. The third-order valence-electron chi connectivity index (χ3n) is 3.49. The van der Waals surface area contributed by atoms with Gasteiger partial charge in [0.15, 0.2) is 0 Å². The molecule has 1 fully saturated rings. The van der Waals surface area contributed by atoms with E-state index in [1.165, 1.54) is 11.3 Å². The van der Waals surface area contributed by atoms with Crippen LogP contribution < -0.4 is 5.32 Å². The molecule has 6 heteroatoms. The van der Waals surface area contributed by atoms with Crippen LogP contribution in [0.15, 0.2) is 11.4 Å². The van der Waals surface area contributed by atoms with Crippen molar-refractivity contribution in [3.63, 3.8) is 0 Å². The number of ether oxygens (including phenoxy) is 1. The maximum Gasteiger partial charge on any atom is 0.407 e. The maximum absolute atomic E-state index is 12.5. The van der Waals surface area contributed by atoms with E-state index in [0.717, 1.165) is 29.8 Å². The number of amides is 2. The molecule has 122 valence electrons. The van der Waals surface area contributed by atoms with Crippen LogP contribution in [0.5, 0.6) is 0 Å². The molecule has 1 aliphatic heterocycles. The van der Waals surface area contributed by atoms with E-state index in [1.807, 2.05) is 44.0 Å². The first-order chi connectivity index (χ1) is 10.3. The number of rotatable bonds is 2. The number of nitrogens with zero attached hydrogens (tertiary/aromatic N) is 1. The third kappa shape index (κ3) is 4.47. The fraction of sp³-hybridized carbons (Fsp3) is 0.625. The van der Waals surface area contributed by atoms with E-state index in [4.69, 9.17) is 4.74 Å². The summed E-state index contributed by atoms with van der Waals surface area (Å²) in [6, 6.07) is 1.91. The molecule has 0 spiro atoms. The number of thiophene rings is 1. The molecule has 0 saturated carbocycles. The molecule has 1 aromatic heterocycles. The van der Waals surface area contributed by atoms with Crippen molar-refractivity contribution >= 4 is 23.3 Å². The molecule has 1 N–H and O–H groups in total. The number of hydrogen-bond acceptors (Lipinski definition) is 4. The molecule has 0 bridgehead atoms. The van der Waals surface area contributed by atoms with Gasteiger partial charge >= 0.3 is 6.09 Å². The van der Waals surface area contributed by atoms with Crippen molar-refractivity contribution in [1.29, 1.82) is 0 Å². The predicted molar refractivity (Wildman–Crippen MR) is 87.4 cm³/mol. The van der Waals surface area contributed by atoms with E-state index in [-0.39, 0.29) is 11.9 Å². The van der Waals surface area contributed by atoms with Gasteiger partial charge in [0, 0.05) is 19.1 Å². The zero-order valence-electron chi connectivity index (χ0n) is 13.6. The molecule has 22 heavy (non-hydrogen) atoms. The molecule has 0 radical (unpaired) electrons. The minimum atomic E-state index is -0.512. The van der Waals surface area contributed by atoms with Gasteiger partial charge < -0.3 is 15.0 Å². The monoisotopic (exact) mass is 324 g/mol. The number of hydrogen-bond donors (Lipinski definition) is 1. The van der Waals surface area contributed by atoms with Crippen molar-refractivity contribution in [1.82, 2.24) is 10.2 Å². The molecule has 1 aromatic rings. The van der Waals surface area contributed by atoms with Gasteiger partial charge in [0.2, 0.25) is 0 Å². The first-order valence-corrected chi connectivity index (χ1v) is 8.47. The Hall–Kier alpha value is -1.56. The molecule has 0 aliphatic carbocycles. The van der Waals surface area contributed by atoms with Crippen molar-refractivity contribution in [3.05, 3.63) is 21.9 Å². The predicted octanol–water partition coefficient (Wildman–Crippen LogP) is 3.19. The van der Waals surface area contributed by atoms with Crippen LogP contribution in [-0.4, -0.2) is 41.6 Å². The number of nitrogens with one attached hydrogen (secondary N) is 1. The molecule has 1 atom stereocenters. The van der Waals surface area contributed by atoms with Crippen molar-refractivity contribution < 1.29 is 14.3 Å². The average molecular weight is 324 g/mol. The average Bonchev–Trinajstić information content (AvgIpc) is 2.82. The van der Waals surface area contributed by atoms with Crippen LogP contribution in [0.2, 0.25) is 0 Å². The van der Waals surface area contributed by atoms with E-state index in [0.29, 0.717) is 6.54 Å². The molecule has 0 aromatic carbocycles. The lowest BCUT2D eigenvalue weighted by atomic mass is 10.1. The van der Waals surface area contributed by atoms with Gasteiger partial charge in [-0.2, -0.15) is 0 Å². The summed E-state index contributed by atoms with van der Waals surface area (Å²) in [5, 5.41) is 4.80. The lowest BCUT2D eigenvalue weighted by molar-refractivity contribution is 0.0452. The van der Waals surface area contributed by atoms with Crippen LogP contribution in [0.25, 0.3) is 0 Å². The number of aryl methyl sites for hydroxylation is 1. The Labute approximate surface area is 135 Å². The summed E-state index contributed by atoms with van der Waals surface area (Å²) in [4.78, 5) is 27.0. The van der Waals surface area contributed by atoms with Crippen LogP contribution in [0.3, 0.4) is 0 Å². The van der Waals surface area contributed by atoms with Gasteiger partial charge in [0.1, 0.15) is 5.60 Å². The number of carbonyl (C=O) groups excluding carboxylic acids is 2. The van der Waals surface area contributed by atoms with Gasteiger partial charge in [-0.15, -0.1) is 11.3 Å². The van der Waals surface area contributed by atoms with Crippen molar-refractivity contribution in [2.45, 2.75) is 52.2 Å². The Bertz CT molecular complexity index is 548. The summed E-state index contributed by atoms with van der Waals surface area (Å²) < 4.78 is 5.28. The molecule has 2 amide bonds. The van der Waals surface area contributed by atoms with Crippen molar-refractivity contribution in [2.24, 2.45) is 0 Å². The molecule has 0 unspecified atom stereocenters. The second kappa shape index (κ2) is 6.69.